The molecule has 0 unspecified atom stereocenters. The van der Waals surface area contributed by atoms with Crippen LogP contribution >= 0.6 is 0 Å². The maximum atomic E-state index is 12.5. The number of hydrogen-bond donors (Lipinski definition) is 2. The third-order valence-corrected chi connectivity index (χ3v) is 4.07. The SMILES string of the molecule is Cc1ccc(S(=O)(=O)NC(=NC(C)(C)C)C(=O)NC(C)(C)C)cc1. The Bertz CT molecular complexity index is 722. The summed E-state index contributed by atoms with van der Waals surface area (Å²) in [5.41, 5.74) is -0.172. The van der Waals surface area contributed by atoms with E-state index >= 15 is 0 Å². The number of carbonyl (C=O) groups is 1. The molecule has 134 valence electrons. The van der Waals surface area contributed by atoms with Crippen molar-refractivity contribution >= 4 is 21.8 Å². The lowest BCUT2D eigenvalue weighted by atomic mass is 10.1. The molecule has 0 spiro atoms. The summed E-state index contributed by atoms with van der Waals surface area (Å²) in [6.07, 6.45) is 0. The quantitative estimate of drug-likeness (QED) is 0.632. The summed E-state index contributed by atoms with van der Waals surface area (Å²) < 4.78 is 27.4. The highest BCUT2D eigenvalue weighted by molar-refractivity contribution is 7.90. The van der Waals surface area contributed by atoms with Crippen LogP contribution < -0.4 is 10.0 Å². The number of nitrogens with zero attached hydrogens (tertiary/aromatic N) is 1. The summed E-state index contributed by atoms with van der Waals surface area (Å²) >= 11 is 0. The van der Waals surface area contributed by atoms with Gasteiger partial charge in [-0.1, -0.05) is 17.7 Å². The molecule has 2 N–H and O–H groups in total. The number of hydrogen-bond acceptors (Lipinski definition) is 4. The van der Waals surface area contributed by atoms with Crippen molar-refractivity contribution in [3.8, 4) is 0 Å². The predicted molar refractivity (Wildman–Crippen MR) is 96.6 cm³/mol. The van der Waals surface area contributed by atoms with Gasteiger partial charge >= 0.3 is 0 Å². The van der Waals surface area contributed by atoms with E-state index in [1.54, 1.807) is 32.9 Å². The molecule has 0 atom stereocenters. The first-order valence-corrected chi connectivity index (χ1v) is 9.20. The van der Waals surface area contributed by atoms with Crippen molar-refractivity contribution in [3.05, 3.63) is 29.8 Å². The zero-order chi connectivity index (χ0) is 18.8. The fourth-order valence-electron chi connectivity index (χ4n) is 1.76. The highest BCUT2D eigenvalue weighted by Gasteiger charge is 2.25. The molecular weight excluding hydrogens is 326 g/mol. The third-order valence-electron chi connectivity index (χ3n) is 2.71. The number of aliphatic imine (C=N–C) groups is 1. The van der Waals surface area contributed by atoms with E-state index in [0.29, 0.717) is 0 Å². The summed E-state index contributed by atoms with van der Waals surface area (Å²) in [6.45, 7) is 12.7. The molecule has 0 aliphatic heterocycles. The number of carbonyl (C=O) groups excluding carboxylic acids is 1. The largest absolute Gasteiger partial charge is 0.345 e. The van der Waals surface area contributed by atoms with Gasteiger partial charge in [-0.2, -0.15) is 0 Å². The van der Waals surface area contributed by atoms with Crippen LogP contribution in [0.5, 0.6) is 0 Å². The van der Waals surface area contributed by atoms with E-state index in [0.717, 1.165) is 5.56 Å². The molecule has 1 aromatic rings. The molecule has 0 aliphatic rings. The Morgan fingerprint density at radius 3 is 1.92 bits per heavy atom. The zero-order valence-corrected chi connectivity index (χ0v) is 16.2. The number of amides is 1. The van der Waals surface area contributed by atoms with Crippen LogP contribution in [0.4, 0.5) is 0 Å². The van der Waals surface area contributed by atoms with E-state index in [1.807, 2.05) is 27.7 Å². The molecule has 24 heavy (non-hydrogen) atoms. The van der Waals surface area contributed by atoms with E-state index in [9.17, 15) is 13.2 Å². The van der Waals surface area contributed by atoms with Crippen molar-refractivity contribution in [1.29, 1.82) is 0 Å². The molecule has 0 saturated carbocycles. The third kappa shape index (κ3) is 6.70. The summed E-state index contributed by atoms with van der Waals surface area (Å²) in [7, 11) is -3.89. The minimum atomic E-state index is -3.89. The van der Waals surface area contributed by atoms with Gasteiger partial charge in [0.25, 0.3) is 15.9 Å². The van der Waals surface area contributed by atoms with Gasteiger partial charge in [0.05, 0.1) is 10.4 Å². The van der Waals surface area contributed by atoms with Crippen LogP contribution in [0.15, 0.2) is 34.2 Å². The molecule has 1 rings (SSSR count). The Labute approximate surface area is 144 Å². The molecule has 0 bridgehead atoms. The second kappa shape index (κ2) is 6.93. The van der Waals surface area contributed by atoms with Crippen LogP contribution in [-0.2, 0) is 14.8 Å². The first kappa shape index (κ1) is 20.2. The lowest BCUT2D eigenvalue weighted by molar-refractivity contribution is -0.116. The maximum absolute atomic E-state index is 12.5. The van der Waals surface area contributed by atoms with Crippen molar-refractivity contribution in [2.24, 2.45) is 4.99 Å². The smallest absolute Gasteiger partial charge is 0.287 e. The van der Waals surface area contributed by atoms with E-state index in [2.05, 4.69) is 15.0 Å². The summed E-state index contributed by atoms with van der Waals surface area (Å²) in [6, 6.07) is 6.39. The number of benzene rings is 1. The topological polar surface area (TPSA) is 87.6 Å². The summed E-state index contributed by atoms with van der Waals surface area (Å²) in [4.78, 5) is 16.7. The van der Waals surface area contributed by atoms with Crippen molar-refractivity contribution in [2.75, 3.05) is 0 Å². The highest BCUT2D eigenvalue weighted by Crippen LogP contribution is 2.12. The number of nitrogens with one attached hydrogen (secondary N) is 2. The number of aryl methyl sites for hydroxylation is 1. The van der Waals surface area contributed by atoms with E-state index in [1.165, 1.54) is 12.1 Å². The molecule has 0 fully saturated rings. The van der Waals surface area contributed by atoms with Gasteiger partial charge in [0.15, 0.2) is 0 Å². The van der Waals surface area contributed by atoms with Crippen LogP contribution in [0.3, 0.4) is 0 Å². The van der Waals surface area contributed by atoms with E-state index in [-0.39, 0.29) is 10.7 Å². The molecule has 1 amide bonds. The molecular formula is C17H27N3O3S. The second-order valence-corrected chi connectivity index (χ2v) is 9.44. The van der Waals surface area contributed by atoms with Gasteiger partial charge in [0, 0.05) is 5.54 Å². The van der Waals surface area contributed by atoms with Gasteiger partial charge in [-0.15, -0.1) is 0 Å². The number of rotatable bonds is 2. The molecule has 7 heteroatoms. The highest BCUT2D eigenvalue weighted by atomic mass is 32.2. The van der Waals surface area contributed by atoms with Gasteiger partial charge in [-0.05, 0) is 60.6 Å². The Kier molecular flexibility index (Phi) is 5.82. The molecule has 1 aromatic carbocycles. The fourth-order valence-corrected chi connectivity index (χ4v) is 2.76. The van der Waals surface area contributed by atoms with Crippen molar-refractivity contribution in [1.82, 2.24) is 10.0 Å². The summed E-state index contributed by atoms with van der Waals surface area (Å²) in [5, 5.41) is 2.73. The fraction of sp³-hybridized carbons (Fsp3) is 0.529. The number of amidine groups is 1. The average molecular weight is 353 g/mol. The zero-order valence-electron chi connectivity index (χ0n) is 15.4. The minimum Gasteiger partial charge on any atom is -0.345 e. The number of sulfonamides is 1. The molecule has 0 aromatic heterocycles. The lowest BCUT2D eigenvalue weighted by Gasteiger charge is -2.23. The van der Waals surface area contributed by atoms with Gasteiger partial charge in [-0.25, -0.2) is 8.42 Å². The predicted octanol–water partition coefficient (Wildman–Crippen LogP) is 2.39. The van der Waals surface area contributed by atoms with Crippen LogP contribution in [0, 0.1) is 6.92 Å². The monoisotopic (exact) mass is 353 g/mol. The normalized spacial score (nSPS) is 13.5. The Morgan fingerprint density at radius 1 is 1.00 bits per heavy atom. The Morgan fingerprint density at radius 2 is 1.50 bits per heavy atom. The molecule has 6 nitrogen and oxygen atoms in total. The molecule has 0 saturated heterocycles. The van der Waals surface area contributed by atoms with Crippen LogP contribution in [0.1, 0.15) is 47.1 Å². The summed E-state index contributed by atoms with van der Waals surface area (Å²) in [5.74, 6) is -0.786. The first-order valence-electron chi connectivity index (χ1n) is 7.71. The Balaban J connectivity index is 3.20. The minimum absolute atomic E-state index is 0.0817. The van der Waals surface area contributed by atoms with Crippen molar-refractivity contribution in [2.45, 2.75) is 64.4 Å². The first-order chi connectivity index (χ1) is 10.7. The van der Waals surface area contributed by atoms with Gasteiger partial charge in [0.1, 0.15) is 0 Å². The van der Waals surface area contributed by atoms with Crippen molar-refractivity contribution < 1.29 is 13.2 Å². The van der Waals surface area contributed by atoms with Gasteiger partial charge in [0.2, 0.25) is 5.84 Å². The second-order valence-electron chi connectivity index (χ2n) is 7.75. The molecule has 0 heterocycles. The lowest BCUT2D eigenvalue weighted by Crippen LogP contribution is -2.50. The van der Waals surface area contributed by atoms with Crippen LogP contribution in [0.2, 0.25) is 0 Å². The van der Waals surface area contributed by atoms with E-state index in [4.69, 9.17) is 0 Å². The molecule has 0 radical (unpaired) electrons. The van der Waals surface area contributed by atoms with Gasteiger partial charge in [-0.3, -0.25) is 14.5 Å². The average Bonchev–Trinajstić information content (AvgIpc) is 2.34. The molecule has 0 aliphatic carbocycles. The van der Waals surface area contributed by atoms with Crippen LogP contribution in [0.25, 0.3) is 0 Å². The maximum Gasteiger partial charge on any atom is 0.287 e. The standard InChI is InChI=1S/C17H27N3O3S/c1-12-8-10-13(11-9-12)24(22,23)20-14(18-16(2,3)4)15(21)19-17(5,6)7/h8-11H,1-7H3,(H,18,20)(H,19,21). The van der Waals surface area contributed by atoms with Crippen LogP contribution in [-0.4, -0.2) is 31.2 Å². The Hall–Kier alpha value is -1.89. The van der Waals surface area contributed by atoms with Gasteiger partial charge < -0.3 is 5.32 Å². The van der Waals surface area contributed by atoms with E-state index < -0.39 is 27.0 Å². The van der Waals surface area contributed by atoms with Crippen molar-refractivity contribution in [3.63, 3.8) is 0 Å².